The maximum atomic E-state index is 6.15. The van der Waals surface area contributed by atoms with Gasteiger partial charge in [0, 0.05) is 29.1 Å². The zero-order chi connectivity index (χ0) is 16.8. The van der Waals surface area contributed by atoms with Crippen molar-refractivity contribution < 1.29 is 4.57 Å². The molecule has 120 valence electrons. The van der Waals surface area contributed by atoms with E-state index in [-0.39, 0.29) is 0 Å². The van der Waals surface area contributed by atoms with Crippen LogP contribution in [0.15, 0.2) is 58.6 Å². The Labute approximate surface area is 151 Å². The van der Waals surface area contributed by atoms with E-state index < -0.39 is 0 Å². The monoisotopic (exact) mass is 353 g/mol. The Morgan fingerprint density at radius 1 is 1.12 bits per heavy atom. The average Bonchev–Trinajstić information content (AvgIpc) is 2.86. The van der Waals surface area contributed by atoms with Crippen LogP contribution in [0.25, 0.3) is 17.0 Å². The maximum Gasteiger partial charge on any atom is 0.212 e. The molecule has 0 aliphatic carbocycles. The molecule has 2 aromatic carbocycles. The molecule has 4 heteroatoms. The van der Waals surface area contributed by atoms with Gasteiger partial charge in [-0.2, -0.15) is 0 Å². The van der Waals surface area contributed by atoms with E-state index in [1.807, 2.05) is 12.1 Å². The first-order chi connectivity index (χ1) is 11.5. The average molecular weight is 354 g/mol. The van der Waals surface area contributed by atoms with Crippen LogP contribution in [-0.2, 0) is 7.05 Å². The number of halogens is 1. The fourth-order valence-corrected chi connectivity index (χ4v) is 4.32. The molecule has 2 heterocycles. The molecule has 0 unspecified atom stereocenters. The molecule has 0 fully saturated rings. The first-order valence-electron chi connectivity index (χ1n) is 7.85. The number of thioether (sulfide) groups is 1. The summed E-state index contributed by atoms with van der Waals surface area (Å²) >= 11 is 7.94. The third-order valence-corrected chi connectivity index (χ3v) is 5.83. The largest absolute Gasteiger partial charge is 0.338 e. The number of aryl methyl sites for hydroxylation is 2. The van der Waals surface area contributed by atoms with Crippen LogP contribution in [0, 0.1) is 6.92 Å². The Morgan fingerprint density at radius 2 is 1.96 bits per heavy atom. The number of benzene rings is 2. The van der Waals surface area contributed by atoms with Gasteiger partial charge in [-0.3, -0.25) is 0 Å². The summed E-state index contributed by atoms with van der Waals surface area (Å²) in [7, 11) is 4.18. The summed E-state index contributed by atoms with van der Waals surface area (Å²) in [4.78, 5) is 3.45. The highest BCUT2D eigenvalue weighted by Gasteiger charge is 2.22. The topological polar surface area (TPSA) is 7.12 Å². The number of fused-ring (bicyclic) bond motifs is 2. The number of nitrogens with zero attached hydrogens (tertiary/aromatic N) is 2. The first-order valence-corrected chi connectivity index (χ1v) is 9.04. The van der Waals surface area contributed by atoms with Crippen molar-refractivity contribution in [2.24, 2.45) is 7.05 Å². The van der Waals surface area contributed by atoms with Gasteiger partial charge in [0.2, 0.25) is 5.52 Å². The van der Waals surface area contributed by atoms with Gasteiger partial charge in [0.15, 0.2) is 6.20 Å². The minimum absolute atomic E-state index is 0.773. The Hall–Kier alpha value is -1.97. The van der Waals surface area contributed by atoms with Crippen LogP contribution < -0.4 is 9.47 Å². The normalized spacial score (nSPS) is 15.3. The third-order valence-electron chi connectivity index (χ3n) is 4.43. The smallest absolute Gasteiger partial charge is 0.212 e. The summed E-state index contributed by atoms with van der Waals surface area (Å²) in [6.07, 6.45) is 4.38. The highest BCUT2D eigenvalue weighted by atomic mass is 35.5. The van der Waals surface area contributed by atoms with Crippen molar-refractivity contribution in [1.29, 1.82) is 0 Å². The minimum atomic E-state index is 0.773. The highest BCUT2D eigenvalue weighted by Crippen LogP contribution is 2.46. The van der Waals surface area contributed by atoms with Crippen LogP contribution in [0.2, 0.25) is 5.02 Å². The fourth-order valence-electron chi connectivity index (χ4n) is 3.07. The van der Waals surface area contributed by atoms with E-state index >= 15 is 0 Å². The van der Waals surface area contributed by atoms with Crippen LogP contribution in [0.1, 0.15) is 11.1 Å². The van der Waals surface area contributed by atoms with Crippen LogP contribution in [0.4, 0.5) is 5.69 Å². The Bertz CT molecular complexity index is 994. The molecule has 1 aliphatic heterocycles. The molecule has 0 radical (unpaired) electrons. The van der Waals surface area contributed by atoms with Gasteiger partial charge in [0.05, 0.1) is 16.1 Å². The van der Waals surface area contributed by atoms with E-state index in [9.17, 15) is 0 Å². The molecule has 0 bridgehead atoms. The molecule has 3 aromatic rings. The molecule has 2 nitrogen and oxygen atoms in total. The maximum absolute atomic E-state index is 6.15. The SMILES string of the molecule is Cc1ccc2c(c1)c(/C=C1/Sc3ccc(Cl)cc3N1C)cc[n+]2C. The lowest BCUT2D eigenvalue weighted by molar-refractivity contribution is -0.644. The van der Waals surface area contributed by atoms with Crippen LogP contribution in [0.3, 0.4) is 0 Å². The lowest BCUT2D eigenvalue weighted by atomic mass is 10.1. The van der Waals surface area contributed by atoms with Gasteiger partial charge in [0.25, 0.3) is 0 Å². The van der Waals surface area contributed by atoms with Crippen molar-refractivity contribution in [3.05, 3.63) is 69.8 Å². The summed E-state index contributed by atoms with van der Waals surface area (Å²) < 4.78 is 2.16. The van der Waals surface area contributed by atoms with Crippen molar-refractivity contribution in [3.63, 3.8) is 0 Å². The molecule has 0 saturated carbocycles. The zero-order valence-corrected chi connectivity index (χ0v) is 15.4. The predicted molar refractivity (Wildman–Crippen MR) is 104 cm³/mol. The second-order valence-electron chi connectivity index (χ2n) is 6.16. The standard InChI is InChI=1S/C20H18ClN2S/c1-13-4-6-17-16(10-13)14(8-9-22(17)2)11-20-23(3)18-12-15(21)5-7-19(18)24-20/h4-12H,1-3H3/q+1. The van der Waals surface area contributed by atoms with Crippen LogP contribution in [0.5, 0.6) is 0 Å². The van der Waals surface area contributed by atoms with Crippen molar-refractivity contribution >= 4 is 46.0 Å². The summed E-state index contributed by atoms with van der Waals surface area (Å²) in [5, 5.41) is 3.26. The van der Waals surface area contributed by atoms with Gasteiger partial charge >= 0.3 is 0 Å². The van der Waals surface area contributed by atoms with E-state index in [0.717, 1.165) is 5.02 Å². The van der Waals surface area contributed by atoms with Gasteiger partial charge < -0.3 is 4.90 Å². The van der Waals surface area contributed by atoms with Crippen molar-refractivity contribution in [2.45, 2.75) is 11.8 Å². The Morgan fingerprint density at radius 3 is 2.79 bits per heavy atom. The van der Waals surface area contributed by atoms with Gasteiger partial charge in [-0.05, 0) is 42.8 Å². The molecule has 0 N–H and O–H groups in total. The number of anilines is 1. The molecule has 0 atom stereocenters. The number of aromatic nitrogens is 1. The molecule has 1 aromatic heterocycles. The number of hydrogen-bond acceptors (Lipinski definition) is 2. The number of hydrogen-bond donors (Lipinski definition) is 0. The van der Waals surface area contributed by atoms with Crippen molar-refractivity contribution in [1.82, 2.24) is 0 Å². The molecular formula is C20H18ClN2S+. The van der Waals surface area contributed by atoms with E-state index in [1.54, 1.807) is 11.8 Å². The second kappa shape index (κ2) is 5.83. The minimum Gasteiger partial charge on any atom is -0.338 e. The van der Waals surface area contributed by atoms with Gasteiger partial charge in [-0.15, -0.1) is 0 Å². The Kier molecular flexibility index (Phi) is 3.78. The molecule has 0 saturated heterocycles. The second-order valence-corrected chi connectivity index (χ2v) is 7.66. The van der Waals surface area contributed by atoms with E-state index in [4.69, 9.17) is 11.6 Å². The number of pyridine rings is 1. The molecule has 1 aliphatic rings. The molecule has 0 spiro atoms. The van der Waals surface area contributed by atoms with Gasteiger partial charge in [0.1, 0.15) is 7.05 Å². The van der Waals surface area contributed by atoms with Crippen LogP contribution in [-0.4, -0.2) is 7.05 Å². The predicted octanol–water partition coefficient (Wildman–Crippen LogP) is 5.17. The van der Waals surface area contributed by atoms with Crippen molar-refractivity contribution in [3.8, 4) is 0 Å². The zero-order valence-electron chi connectivity index (χ0n) is 13.9. The fraction of sp³-hybridized carbons (Fsp3) is 0.150. The lowest BCUT2D eigenvalue weighted by Gasteiger charge is -2.14. The molecule has 4 rings (SSSR count). The van der Waals surface area contributed by atoms with Gasteiger partial charge in [-0.25, -0.2) is 4.57 Å². The quantitative estimate of drug-likeness (QED) is 0.557. The van der Waals surface area contributed by atoms with Crippen molar-refractivity contribution in [2.75, 3.05) is 11.9 Å². The summed E-state index contributed by atoms with van der Waals surface area (Å²) in [6, 6.07) is 14.8. The number of rotatable bonds is 1. The lowest BCUT2D eigenvalue weighted by Crippen LogP contribution is -2.28. The van der Waals surface area contributed by atoms with E-state index in [0.29, 0.717) is 0 Å². The third kappa shape index (κ3) is 2.58. The summed E-state index contributed by atoms with van der Waals surface area (Å²) in [5.41, 5.74) is 4.91. The van der Waals surface area contributed by atoms with E-state index in [1.165, 1.54) is 37.6 Å². The Balaban J connectivity index is 1.84. The summed E-state index contributed by atoms with van der Waals surface area (Å²) in [5.74, 6) is 0. The molecular weight excluding hydrogens is 336 g/mol. The molecule has 0 amide bonds. The first kappa shape index (κ1) is 15.6. The van der Waals surface area contributed by atoms with E-state index in [2.05, 4.69) is 73.1 Å². The highest BCUT2D eigenvalue weighted by molar-refractivity contribution is 8.03. The molecule has 24 heavy (non-hydrogen) atoms. The summed E-state index contributed by atoms with van der Waals surface area (Å²) in [6.45, 7) is 2.14. The van der Waals surface area contributed by atoms with Crippen LogP contribution >= 0.6 is 23.4 Å². The van der Waals surface area contributed by atoms with Gasteiger partial charge in [-0.1, -0.05) is 35.0 Å².